The number of hydrogen-bond acceptors (Lipinski definition) is 4. The van der Waals surface area contributed by atoms with Gasteiger partial charge in [-0.3, -0.25) is 0 Å². The molecule has 0 radical (unpaired) electrons. The predicted molar refractivity (Wildman–Crippen MR) is 111 cm³/mol. The first-order valence-electron chi connectivity index (χ1n) is 9.19. The van der Waals surface area contributed by atoms with Gasteiger partial charge >= 0.3 is 0 Å². The molecule has 1 fully saturated rings. The Bertz CT molecular complexity index is 752. The van der Waals surface area contributed by atoms with Crippen LogP contribution in [0.5, 0.6) is 0 Å². The molecule has 4 nitrogen and oxygen atoms in total. The van der Waals surface area contributed by atoms with Crippen molar-refractivity contribution >= 4 is 51.6 Å². The van der Waals surface area contributed by atoms with Gasteiger partial charge in [-0.1, -0.05) is 42.5 Å². The molecule has 0 saturated heterocycles. The normalized spacial score (nSPS) is 17.0. The van der Waals surface area contributed by atoms with E-state index >= 15 is 0 Å². The van der Waals surface area contributed by atoms with Gasteiger partial charge in [0.25, 0.3) is 0 Å². The molecule has 7 heteroatoms. The van der Waals surface area contributed by atoms with Gasteiger partial charge in [0.15, 0.2) is 5.82 Å². The van der Waals surface area contributed by atoms with Crippen molar-refractivity contribution in [2.24, 2.45) is 0 Å². The first-order chi connectivity index (χ1) is 12.6. The van der Waals surface area contributed by atoms with Crippen molar-refractivity contribution in [2.45, 2.75) is 57.9 Å². The zero-order valence-corrected chi connectivity index (χ0v) is 17.3. The maximum atomic E-state index is 6.05. The quantitative estimate of drug-likeness (QED) is 0.670. The van der Waals surface area contributed by atoms with Crippen molar-refractivity contribution in [3.8, 4) is 0 Å². The van der Waals surface area contributed by atoms with Crippen LogP contribution in [0, 0.1) is 0 Å². The van der Waals surface area contributed by atoms with Crippen molar-refractivity contribution in [3.63, 3.8) is 0 Å². The van der Waals surface area contributed by atoms with Gasteiger partial charge < -0.3 is 10.6 Å². The highest BCUT2D eigenvalue weighted by atomic mass is 35.5. The first-order valence-corrected chi connectivity index (χ1v) is 10.7. The Balaban J connectivity index is 1.59. The van der Waals surface area contributed by atoms with E-state index in [0.717, 1.165) is 16.6 Å². The van der Waals surface area contributed by atoms with Crippen LogP contribution in [0.4, 0.5) is 10.8 Å². The van der Waals surface area contributed by atoms with Crippen LogP contribution in [0.1, 0.15) is 57.7 Å². The molecule has 1 saturated carbocycles. The number of hydrogen-bond donors (Lipinski definition) is 2. The lowest BCUT2D eigenvalue weighted by molar-refractivity contribution is -0.644. The maximum Gasteiger partial charge on any atom is 0.207 e. The summed E-state index contributed by atoms with van der Waals surface area (Å²) in [4.78, 5) is 4.55. The van der Waals surface area contributed by atoms with Crippen LogP contribution < -0.4 is 10.6 Å². The molecule has 0 atom stereocenters. The SMILES string of the molecule is CC(=Cc1nsc(Nc2ccc(Cl)c(Cl)c2)n1)[NH2+]C1CCCCCCC1. The van der Waals surface area contributed by atoms with E-state index in [0.29, 0.717) is 16.1 Å². The first kappa shape index (κ1) is 19.6. The number of quaternary nitrogens is 1. The molecule has 0 spiro atoms. The summed E-state index contributed by atoms with van der Waals surface area (Å²) in [6.07, 6.45) is 11.5. The van der Waals surface area contributed by atoms with Gasteiger partial charge in [0.1, 0.15) is 5.70 Å². The van der Waals surface area contributed by atoms with E-state index in [1.807, 2.05) is 6.07 Å². The zero-order valence-electron chi connectivity index (χ0n) is 15.0. The van der Waals surface area contributed by atoms with Crippen LogP contribution in [-0.2, 0) is 0 Å². The molecule has 1 aliphatic carbocycles. The minimum Gasteiger partial charge on any atom is -0.330 e. The average Bonchev–Trinajstić information content (AvgIpc) is 3.00. The number of halogens is 2. The van der Waals surface area contributed by atoms with E-state index in [2.05, 4.69) is 33.0 Å². The van der Waals surface area contributed by atoms with Gasteiger partial charge in [0, 0.05) is 30.2 Å². The number of nitrogens with zero attached hydrogens (tertiary/aromatic N) is 2. The molecule has 1 aromatic heterocycles. The van der Waals surface area contributed by atoms with Crippen LogP contribution in [0.25, 0.3) is 6.08 Å². The van der Waals surface area contributed by atoms with E-state index in [4.69, 9.17) is 23.2 Å². The van der Waals surface area contributed by atoms with E-state index in [-0.39, 0.29) is 0 Å². The van der Waals surface area contributed by atoms with Crippen molar-refractivity contribution in [3.05, 3.63) is 39.8 Å². The van der Waals surface area contributed by atoms with Crippen molar-refractivity contribution < 1.29 is 5.32 Å². The van der Waals surface area contributed by atoms with E-state index in [9.17, 15) is 0 Å². The van der Waals surface area contributed by atoms with Crippen molar-refractivity contribution in [2.75, 3.05) is 5.32 Å². The van der Waals surface area contributed by atoms with Gasteiger partial charge in [0.05, 0.1) is 16.1 Å². The molecule has 3 N–H and O–H groups in total. The topological polar surface area (TPSA) is 54.4 Å². The highest BCUT2D eigenvalue weighted by molar-refractivity contribution is 7.09. The number of aromatic nitrogens is 2. The van der Waals surface area contributed by atoms with Crippen LogP contribution in [0.2, 0.25) is 10.0 Å². The summed E-state index contributed by atoms with van der Waals surface area (Å²) >= 11 is 13.3. The molecule has 26 heavy (non-hydrogen) atoms. The summed E-state index contributed by atoms with van der Waals surface area (Å²) in [6, 6.07) is 6.12. The Labute approximate surface area is 169 Å². The lowest BCUT2D eigenvalue weighted by Crippen LogP contribution is -2.87. The Kier molecular flexibility index (Phi) is 7.32. The zero-order chi connectivity index (χ0) is 18.4. The number of anilines is 2. The number of nitrogens with two attached hydrogens (primary N) is 1. The monoisotopic (exact) mass is 411 g/mol. The number of allylic oxidation sites excluding steroid dienone is 1. The fourth-order valence-electron chi connectivity index (χ4n) is 3.32. The average molecular weight is 412 g/mol. The van der Waals surface area contributed by atoms with Crippen LogP contribution >= 0.6 is 34.7 Å². The van der Waals surface area contributed by atoms with Gasteiger partial charge in [-0.15, -0.1) is 0 Å². The van der Waals surface area contributed by atoms with Crippen molar-refractivity contribution in [1.82, 2.24) is 9.36 Å². The lowest BCUT2D eigenvalue weighted by Gasteiger charge is -2.18. The fourth-order valence-corrected chi connectivity index (χ4v) is 4.19. The second-order valence-electron chi connectivity index (χ2n) is 6.87. The molecular formula is C19H25Cl2N4S+. The minimum atomic E-state index is 0.519. The molecule has 1 aromatic carbocycles. The molecule has 1 heterocycles. The summed E-state index contributed by atoms with van der Waals surface area (Å²) in [7, 11) is 0. The van der Waals surface area contributed by atoms with Gasteiger partial charge in [-0.25, -0.2) is 0 Å². The number of rotatable bonds is 5. The standard InChI is InChI=1S/C19H24Cl2N4S/c1-13(22-14-7-5-3-2-4-6-8-14)11-18-24-19(26-25-18)23-15-9-10-16(20)17(21)12-15/h9-12,14,22H,2-8H2,1H3,(H,23,24,25)/p+1. The van der Waals surface area contributed by atoms with Gasteiger partial charge in [0.2, 0.25) is 5.13 Å². The molecule has 0 bridgehead atoms. The van der Waals surface area contributed by atoms with Gasteiger partial charge in [-0.05, 0) is 43.9 Å². The Morgan fingerprint density at radius 1 is 1.15 bits per heavy atom. The van der Waals surface area contributed by atoms with Crippen LogP contribution in [-0.4, -0.2) is 15.4 Å². The van der Waals surface area contributed by atoms with Gasteiger partial charge in [-0.2, -0.15) is 9.36 Å². The minimum absolute atomic E-state index is 0.519. The van der Waals surface area contributed by atoms with E-state index in [1.54, 1.807) is 12.1 Å². The van der Waals surface area contributed by atoms with Crippen LogP contribution in [0.3, 0.4) is 0 Å². The molecule has 0 unspecified atom stereocenters. The molecule has 0 aliphatic heterocycles. The Morgan fingerprint density at radius 3 is 2.62 bits per heavy atom. The summed E-state index contributed by atoms with van der Waals surface area (Å²) in [6.45, 7) is 2.14. The van der Waals surface area contributed by atoms with Crippen molar-refractivity contribution in [1.29, 1.82) is 0 Å². The predicted octanol–water partition coefficient (Wildman–Crippen LogP) is 5.63. The molecule has 0 amide bonds. The maximum absolute atomic E-state index is 6.05. The summed E-state index contributed by atoms with van der Waals surface area (Å²) in [5.41, 5.74) is 2.10. The molecule has 3 rings (SSSR count). The Hall–Kier alpha value is -1.14. The Morgan fingerprint density at radius 2 is 1.88 bits per heavy atom. The summed E-state index contributed by atoms with van der Waals surface area (Å²) in [5, 5.41) is 7.43. The van der Waals surface area contributed by atoms with Crippen LogP contribution in [0.15, 0.2) is 23.9 Å². The van der Waals surface area contributed by atoms with E-state index < -0.39 is 0 Å². The van der Waals surface area contributed by atoms with E-state index in [1.165, 1.54) is 62.2 Å². The second-order valence-corrected chi connectivity index (χ2v) is 8.44. The number of benzene rings is 1. The third kappa shape index (κ3) is 5.95. The molecule has 140 valence electrons. The third-order valence-corrected chi connectivity index (χ3v) is 6.00. The highest BCUT2D eigenvalue weighted by Gasteiger charge is 2.15. The third-order valence-electron chi connectivity index (χ3n) is 4.62. The summed E-state index contributed by atoms with van der Waals surface area (Å²) < 4.78 is 4.43. The molecule has 2 aromatic rings. The lowest BCUT2D eigenvalue weighted by atomic mass is 9.96. The summed E-state index contributed by atoms with van der Waals surface area (Å²) in [5.74, 6) is 0.747. The largest absolute Gasteiger partial charge is 0.330 e. The highest BCUT2D eigenvalue weighted by Crippen LogP contribution is 2.27. The molecular weight excluding hydrogens is 387 g/mol. The molecule has 1 aliphatic rings. The number of nitrogens with one attached hydrogen (secondary N) is 1. The fraction of sp³-hybridized carbons (Fsp3) is 0.474. The second kappa shape index (κ2) is 9.70. The smallest absolute Gasteiger partial charge is 0.207 e.